The predicted molar refractivity (Wildman–Crippen MR) is 126 cm³/mol. The number of ether oxygens (including phenoxy) is 1. The second-order valence-corrected chi connectivity index (χ2v) is 8.23. The topological polar surface area (TPSA) is 44.2 Å². The Balaban J connectivity index is 1.43. The summed E-state index contributed by atoms with van der Waals surface area (Å²) in [7, 11) is 1.65. The molecule has 0 N–H and O–H groups in total. The van der Waals surface area contributed by atoms with Crippen LogP contribution in [0.2, 0.25) is 0 Å². The van der Waals surface area contributed by atoms with Gasteiger partial charge in [-0.2, -0.15) is 13.2 Å². The molecule has 0 bridgehead atoms. The maximum Gasteiger partial charge on any atom is 0.416 e. The van der Waals surface area contributed by atoms with Crippen LogP contribution in [0.1, 0.15) is 11.1 Å². The predicted octanol–water partition coefficient (Wildman–Crippen LogP) is 4.94. The number of anilines is 2. The first kappa shape index (κ1) is 22.1. The van der Waals surface area contributed by atoms with E-state index in [1.165, 1.54) is 12.1 Å². The molecule has 0 spiro atoms. The normalized spacial score (nSPS) is 16.2. The van der Waals surface area contributed by atoms with Gasteiger partial charge in [0.05, 0.1) is 31.1 Å². The Morgan fingerprint density at radius 3 is 2.38 bits per heavy atom. The molecular weight excluding hydrogens is 443 g/mol. The van der Waals surface area contributed by atoms with E-state index in [9.17, 15) is 13.2 Å². The molecule has 1 fully saturated rings. The van der Waals surface area contributed by atoms with E-state index < -0.39 is 11.7 Å². The summed E-state index contributed by atoms with van der Waals surface area (Å²) in [6.45, 7) is 3.29. The van der Waals surface area contributed by atoms with Crippen molar-refractivity contribution in [3.8, 4) is 5.75 Å². The second-order valence-electron chi connectivity index (χ2n) is 8.23. The molecule has 0 radical (unpaired) electrons. The highest BCUT2D eigenvalue weighted by atomic mass is 19.4. The summed E-state index contributed by atoms with van der Waals surface area (Å²) in [5, 5.41) is 0. The fourth-order valence-electron chi connectivity index (χ4n) is 4.33. The Labute approximate surface area is 195 Å². The van der Waals surface area contributed by atoms with Crippen LogP contribution < -0.4 is 14.5 Å². The van der Waals surface area contributed by atoms with Crippen LogP contribution in [0.25, 0.3) is 0 Å². The van der Waals surface area contributed by atoms with E-state index in [1.807, 2.05) is 35.2 Å². The summed E-state index contributed by atoms with van der Waals surface area (Å²) in [5.74, 6) is 1.45. The largest absolute Gasteiger partial charge is 0.497 e. The number of hydrogen-bond acceptors (Lipinski definition) is 6. The molecule has 2 aliphatic rings. The summed E-state index contributed by atoms with van der Waals surface area (Å²) in [6, 6.07) is 15.2. The summed E-state index contributed by atoms with van der Waals surface area (Å²) < 4.78 is 45.5. The van der Waals surface area contributed by atoms with Gasteiger partial charge in [0.25, 0.3) is 0 Å². The number of fused-ring (bicyclic) bond motifs is 1. The Bertz CT molecular complexity index is 1200. The van der Waals surface area contributed by atoms with Gasteiger partial charge in [-0.1, -0.05) is 12.1 Å². The molecular formula is C25H24F3N5O. The molecule has 3 aromatic rings. The Morgan fingerprint density at radius 1 is 0.882 bits per heavy atom. The van der Waals surface area contributed by atoms with E-state index in [2.05, 4.69) is 14.8 Å². The van der Waals surface area contributed by atoms with Crippen LogP contribution in [-0.4, -0.2) is 49.1 Å². The van der Waals surface area contributed by atoms with Crippen molar-refractivity contribution < 1.29 is 17.9 Å². The number of piperazine rings is 1. The van der Waals surface area contributed by atoms with E-state index in [0.717, 1.165) is 41.8 Å². The van der Waals surface area contributed by atoms with Crippen molar-refractivity contribution in [1.29, 1.82) is 0 Å². The van der Waals surface area contributed by atoms with Gasteiger partial charge in [-0.15, -0.1) is 0 Å². The minimum absolute atomic E-state index is 0.425. The number of aliphatic imine (C=N–C) groups is 1. The fraction of sp³-hybridized carbons (Fsp3) is 0.280. The summed E-state index contributed by atoms with van der Waals surface area (Å²) in [4.78, 5) is 15.3. The Kier molecular flexibility index (Phi) is 5.77. The van der Waals surface area contributed by atoms with Crippen LogP contribution in [0.15, 0.2) is 72.0 Å². The van der Waals surface area contributed by atoms with Gasteiger partial charge in [0.15, 0.2) is 0 Å². The van der Waals surface area contributed by atoms with Crippen molar-refractivity contribution >= 4 is 23.0 Å². The first-order valence-corrected chi connectivity index (χ1v) is 11.0. The van der Waals surface area contributed by atoms with Crippen LogP contribution in [0.3, 0.4) is 0 Å². The number of pyridine rings is 1. The number of rotatable bonds is 3. The molecule has 1 aromatic heterocycles. The lowest BCUT2D eigenvalue weighted by molar-refractivity contribution is -0.137. The quantitative estimate of drug-likeness (QED) is 0.546. The molecule has 2 aromatic carbocycles. The van der Waals surface area contributed by atoms with Gasteiger partial charge in [0.2, 0.25) is 5.96 Å². The molecule has 0 saturated carbocycles. The summed E-state index contributed by atoms with van der Waals surface area (Å²) in [6.07, 6.45) is -1.03. The molecule has 5 rings (SSSR count). The zero-order chi connectivity index (χ0) is 23.7. The van der Waals surface area contributed by atoms with E-state index in [4.69, 9.17) is 9.73 Å². The first-order valence-electron chi connectivity index (χ1n) is 11.0. The van der Waals surface area contributed by atoms with Crippen molar-refractivity contribution in [2.24, 2.45) is 4.99 Å². The highest BCUT2D eigenvalue weighted by Crippen LogP contribution is 2.35. The third-order valence-electron chi connectivity index (χ3n) is 6.14. The molecule has 2 aliphatic heterocycles. The molecule has 0 unspecified atom stereocenters. The number of alkyl halides is 3. The summed E-state index contributed by atoms with van der Waals surface area (Å²) >= 11 is 0. The molecule has 1 saturated heterocycles. The van der Waals surface area contributed by atoms with E-state index in [0.29, 0.717) is 31.3 Å². The van der Waals surface area contributed by atoms with Crippen molar-refractivity contribution in [3.05, 3.63) is 78.1 Å². The first-order chi connectivity index (χ1) is 16.4. The number of benzene rings is 2. The maximum atomic E-state index is 13.4. The third-order valence-corrected chi connectivity index (χ3v) is 6.14. The van der Waals surface area contributed by atoms with Crippen molar-refractivity contribution in [2.45, 2.75) is 12.7 Å². The van der Waals surface area contributed by atoms with E-state index >= 15 is 0 Å². The monoisotopic (exact) mass is 467 g/mol. The molecule has 0 atom stereocenters. The lowest BCUT2D eigenvalue weighted by atomic mass is 10.1. The highest BCUT2D eigenvalue weighted by Gasteiger charge is 2.33. The molecule has 6 nitrogen and oxygen atoms in total. The Morgan fingerprint density at radius 2 is 1.62 bits per heavy atom. The standard InChI is InChI=1S/C25H24F3N5O/c1-34-22-7-3-5-20(15-22)31-10-12-32(13-11-31)24-30-23-16-29-9-8-18(23)17-33(24)21-6-2-4-19(14-21)25(26,27)28/h2-9,14-16H,10-13,17H2,1H3. The van der Waals surface area contributed by atoms with Gasteiger partial charge >= 0.3 is 6.18 Å². The lowest BCUT2D eigenvalue weighted by Gasteiger charge is -2.42. The van der Waals surface area contributed by atoms with Gasteiger partial charge < -0.3 is 19.4 Å². The van der Waals surface area contributed by atoms with Crippen molar-refractivity contribution in [1.82, 2.24) is 9.88 Å². The minimum Gasteiger partial charge on any atom is -0.497 e. The number of halogens is 3. The maximum absolute atomic E-state index is 13.4. The second kappa shape index (κ2) is 8.89. The molecule has 3 heterocycles. The molecule has 34 heavy (non-hydrogen) atoms. The fourth-order valence-corrected chi connectivity index (χ4v) is 4.33. The van der Waals surface area contributed by atoms with Gasteiger partial charge in [0.1, 0.15) is 5.75 Å². The SMILES string of the molecule is COc1cccc(N2CCN(C3=Nc4cnccc4CN3c3cccc(C(F)(F)F)c3)CC2)c1. The van der Waals surface area contributed by atoms with Crippen LogP contribution >= 0.6 is 0 Å². The number of hydrogen-bond donors (Lipinski definition) is 0. The van der Waals surface area contributed by atoms with Crippen LogP contribution in [-0.2, 0) is 12.7 Å². The molecule has 9 heteroatoms. The molecule has 0 amide bonds. The Hall–Kier alpha value is -3.75. The van der Waals surface area contributed by atoms with Crippen LogP contribution in [0.4, 0.5) is 30.2 Å². The van der Waals surface area contributed by atoms with Crippen molar-refractivity contribution in [2.75, 3.05) is 43.1 Å². The molecule has 176 valence electrons. The van der Waals surface area contributed by atoms with E-state index in [-0.39, 0.29) is 0 Å². The summed E-state index contributed by atoms with van der Waals surface area (Å²) in [5.41, 5.74) is 2.54. The van der Waals surface area contributed by atoms with Crippen LogP contribution in [0.5, 0.6) is 5.75 Å². The van der Waals surface area contributed by atoms with E-state index in [1.54, 1.807) is 25.6 Å². The number of methoxy groups -OCH3 is 1. The van der Waals surface area contributed by atoms with Gasteiger partial charge in [-0.05, 0) is 36.4 Å². The zero-order valence-corrected chi connectivity index (χ0v) is 18.7. The number of aromatic nitrogens is 1. The number of nitrogens with zero attached hydrogens (tertiary/aromatic N) is 5. The molecule has 0 aliphatic carbocycles. The smallest absolute Gasteiger partial charge is 0.416 e. The van der Waals surface area contributed by atoms with Gasteiger partial charge in [0, 0.05) is 55.4 Å². The minimum atomic E-state index is -4.41. The third kappa shape index (κ3) is 4.37. The number of guanidine groups is 1. The average molecular weight is 467 g/mol. The lowest BCUT2D eigenvalue weighted by Crippen LogP contribution is -2.54. The highest BCUT2D eigenvalue weighted by molar-refractivity contribution is 5.99. The van der Waals surface area contributed by atoms with Crippen LogP contribution in [0, 0.1) is 0 Å². The zero-order valence-electron chi connectivity index (χ0n) is 18.7. The average Bonchev–Trinajstić information content (AvgIpc) is 2.87. The van der Waals surface area contributed by atoms with Gasteiger partial charge in [-0.3, -0.25) is 4.98 Å². The van der Waals surface area contributed by atoms with Gasteiger partial charge in [-0.25, -0.2) is 4.99 Å². The van der Waals surface area contributed by atoms with Crippen molar-refractivity contribution in [3.63, 3.8) is 0 Å².